The highest BCUT2D eigenvalue weighted by Gasteiger charge is 2.15. The van der Waals surface area contributed by atoms with Crippen LogP contribution in [0.25, 0.3) is 0 Å². The van der Waals surface area contributed by atoms with Crippen molar-refractivity contribution in [1.29, 1.82) is 0 Å². The van der Waals surface area contributed by atoms with Gasteiger partial charge in [-0.05, 0) is 38.8 Å². The second kappa shape index (κ2) is 10.7. The van der Waals surface area contributed by atoms with Gasteiger partial charge in [0.25, 0.3) is 11.8 Å². The zero-order valence-corrected chi connectivity index (χ0v) is 18.3. The van der Waals surface area contributed by atoms with E-state index in [4.69, 9.17) is 0 Å². The molecule has 2 amide bonds. The Morgan fingerprint density at radius 2 is 1.31 bits per heavy atom. The van der Waals surface area contributed by atoms with Crippen LogP contribution >= 0.6 is 11.3 Å². The smallest absolute Gasteiger partial charge is 0.261 e. The van der Waals surface area contributed by atoms with Gasteiger partial charge >= 0.3 is 0 Å². The Morgan fingerprint density at radius 1 is 0.862 bits per heavy atom. The Morgan fingerprint density at radius 3 is 1.69 bits per heavy atom. The molecule has 0 unspecified atom stereocenters. The van der Waals surface area contributed by atoms with Gasteiger partial charge in [0.05, 0.1) is 9.75 Å². The molecule has 2 aliphatic heterocycles. The number of thiophene rings is 1. The molecule has 0 saturated heterocycles. The Hall–Kier alpha value is -1.96. The summed E-state index contributed by atoms with van der Waals surface area (Å²) in [5.41, 5.74) is 2.88. The minimum absolute atomic E-state index is 0.103. The summed E-state index contributed by atoms with van der Waals surface area (Å²) >= 11 is 1.25. The number of nitrogens with one attached hydrogen (secondary N) is 2. The average molecular weight is 417 g/mol. The van der Waals surface area contributed by atoms with Crippen molar-refractivity contribution in [1.82, 2.24) is 20.4 Å². The molecule has 0 aromatic carbocycles. The van der Waals surface area contributed by atoms with E-state index in [0.29, 0.717) is 22.8 Å². The van der Waals surface area contributed by atoms with Crippen molar-refractivity contribution in [3.63, 3.8) is 0 Å². The molecule has 2 aliphatic rings. The van der Waals surface area contributed by atoms with Crippen molar-refractivity contribution in [3.8, 4) is 0 Å². The maximum Gasteiger partial charge on any atom is 0.261 e. The molecule has 2 N–H and O–H groups in total. The zero-order valence-electron chi connectivity index (χ0n) is 17.5. The van der Waals surface area contributed by atoms with Gasteiger partial charge in [-0.2, -0.15) is 0 Å². The Bertz CT molecular complexity index is 721. The van der Waals surface area contributed by atoms with E-state index in [0.717, 1.165) is 52.1 Å². The normalized spacial score (nSPS) is 18.1. The number of carbonyl (C=O) groups is 2. The molecule has 3 heterocycles. The summed E-state index contributed by atoms with van der Waals surface area (Å²) in [6.45, 7) is 11.3. The number of carbonyl (C=O) groups excluding carboxylic acids is 2. The topological polar surface area (TPSA) is 64.7 Å². The van der Waals surface area contributed by atoms with Crippen LogP contribution in [0.5, 0.6) is 0 Å². The third kappa shape index (κ3) is 6.80. The van der Waals surface area contributed by atoms with Gasteiger partial charge in [0.15, 0.2) is 0 Å². The molecule has 1 aromatic heterocycles. The van der Waals surface area contributed by atoms with Gasteiger partial charge in [-0.1, -0.05) is 23.3 Å². The van der Waals surface area contributed by atoms with E-state index < -0.39 is 0 Å². The Labute approximate surface area is 177 Å². The summed E-state index contributed by atoms with van der Waals surface area (Å²) in [5.74, 6) is -0.207. The largest absolute Gasteiger partial charge is 0.350 e. The predicted octanol–water partition coefficient (Wildman–Crippen LogP) is 2.51. The van der Waals surface area contributed by atoms with E-state index >= 15 is 0 Å². The second-order valence-electron chi connectivity index (χ2n) is 7.88. The number of hydrogen-bond donors (Lipinski definition) is 2. The average Bonchev–Trinajstić information content (AvgIpc) is 3.21. The number of hydrogen-bond acceptors (Lipinski definition) is 5. The predicted molar refractivity (Wildman–Crippen MR) is 119 cm³/mol. The van der Waals surface area contributed by atoms with Gasteiger partial charge in [0.2, 0.25) is 0 Å². The molecular formula is C22H32N4O2S. The van der Waals surface area contributed by atoms with Gasteiger partial charge in [0.1, 0.15) is 0 Å². The van der Waals surface area contributed by atoms with E-state index in [1.807, 2.05) is 0 Å². The molecule has 0 bridgehead atoms. The van der Waals surface area contributed by atoms with E-state index in [1.54, 1.807) is 12.1 Å². The highest BCUT2D eigenvalue weighted by atomic mass is 32.1. The van der Waals surface area contributed by atoms with Crippen LogP contribution < -0.4 is 10.6 Å². The van der Waals surface area contributed by atoms with Crippen LogP contribution in [0.2, 0.25) is 0 Å². The molecule has 7 heteroatoms. The van der Waals surface area contributed by atoms with E-state index in [2.05, 4.69) is 46.4 Å². The standard InChI is InChI=1S/C22H32N4O2S/c1-17-5-11-25(12-6-17)15-9-23-21(27)19-3-4-20(29-19)22(28)24-10-16-26-13-7-18(2)8-14-26/h3-5,7H,6,8-16H2,1-2H3,(H,23,27)(H,24,28). The Balaban J connectivity index is 1.36. The summed E-state index contributed by atoms with van der Waals surface area (Å²) in [4.78, 5) is 30.5. The molecule has 6 nitrogen and oxygen atoms in total. The summed E-state index contributed by atoms with van der Waals surface area (Å²) in [7, 11) is 0. The van der Waals surface area contributed by atoms with Gasteiger partial charge < -0.3 is 10.6 Å². The maximum atomic E-state index is 12.3. The first kappa shape index (κ1) is 21.7. The van der Waals surface area contributed by atoms with Gasteiger partial charge in [-0.3, -0.25) is 19.4 Å². The molecule has 0 atom stereocenters. The second-order valence-corrected chi connectivity index (χ2v) is 8.96. The lowest BCUT2D eigenvalue weighted by Gasteiger charge is -2.25. The molecule has 29 heavy (non-hydrogen) atoms. The van der Waals surface area contributed by atoms with E-state index in [1.165, 1.54) is 22.5 Å². The van der Waals surface area contributed by atoms with Crippen molar-refractivity contribution >= 4 is 23.2 Å². The summed E-state index contributed by atoms with van der Waals surface area (Å²) < 4.78 is 0. The fourth-order valence-corrected chi connectivity index (χ4v) is 4.28. The number of amides is 2. The van der Waals surface area contributed by atoms with Crippen LogP contribution in [0.1, 0.15) is 46.0 Å². The van der Waals surface area contributed by atoms with Crippen LogP contribution in [-0.4, -0.2) is 74.0 Å². The molecule has 0 fully saturated rings. The summed E-state index contributed by atoms with van der Waals surface area (Å²) in [6.07, 6.45) is 6.70. The quantitative estimate of drug-likeness (QED) is 0.639. The zero-order chi connectivity index (χ0) is 20.6. The molecule has 0 spiro atoms. The lowest BCUT2D eigenvalue weighted by molar-refractivity contribution is 0.0946. The first-order valence-electron chi connectivity index (χ1n) is 10.4. The first-order valence-corrected chi connectivity index (χ1v) is 11.2. The van der Waals surface area contributed by atoms with Crippen molar-refractivity contribution in [2.24, 2.45) is 0 Å². The van der Waals surface area contributed by atoms with Crippen LogP contribution in [0.4, 0.5) is 0 Å². The maximum absolute atomic E-state index is 12.3. The van der Waals surface area contributed by atoms with Crippen LogP contribution in [-0.2, 0) is 0 Å². The molecule has 0 aliphatic carbocycles. The third-order valence-electron chi connectivity index (χ3n) is 5.52. The fourth-order valence-electron chi connectivity index (χ4n) is 3.44. The minimum Gasteiger partial charge on any atom is -0.350 e. The molecule has 1 aromatic rings. The van der Waals surface area contributed by atoms with Gasteiger partial charge in [-0.25, -0.2) is 0 Å². The number of rotatable bonds is 8. The molecule has 0 radical (unpaired) electrons. The highest BCUT2D eigenvalue weighted by Crippen LogP contribution is 2.16. The molecule has 158 valence electrons. The SMILES string of the molecule is CC1=CCN(CCNC(=O)c2ccc(C(=O)NCCN3CC=C(C)CC3)s2)CC1. The lowest BCUT2D eigenvalue weighted by atomic mass is 10.1. The monoisotopic (exact) mass is 416 g/mol. The van der Waals surface area contributed by atoms with Crippen molar-refractivity contribution < 1.29 is 9.59 Å². The van der Waals surface area contributed by atoms with Crippen LogP contribution in [0.15, 0.2) is 35.4 Å². The molecule has 0 saturated carbocycles. The van der Waals surface area contributed by atoms with Gasteiger partial charge in [0, 0.05) is 52.4 Å². The van der Waals surface area contributed by atoms with Crippen molar-refractivity contribution in [2.75, 3.05) is 52.4 Å². The van der Waals surface area contributed by atoms with E-state index in [-0.39, 0.29) is 11.8 Å². The Kier molecular flexibility index (Phi) is 8.03. The van der Waals surface area contributed by atoms with Crippen LogP contribution in [0.3, 0.4) is 0 Å². The minimum atomic E-state index is -0.103. The molecular weight excluding hydrogens is 384 g/mol. The summed E-state index contributed by atoms with van der Waals surface area (Å²) in [5, 5.41) is 5.93. The molecule has 3 rings (SSSR count). The first-order chi connectivity index (χ1) is 14.0. The highest BCUT2D eigenvalue weighted by molar-refractivity contribution is 7.15. The number of nitrogens with zero attached hydrogens (tertiary/aromatic N) is 2. The van der Waals surface area contributed by atoms with Crippen molar-refractivity contribution in [3.05, 3.63) is 45.2 Å². The third-order valence-corrected chi connectivity index (χ3v) is 6.60. The van der Waals surface area contributed by atoms with Gasteiger partial charge in [-0.15, -0.1) is 11.3 Å². The fraction of sp³-hybridized carbons (Fsp3) is 0.545. The summed E-state index contributed by atoms with van der Waals surface area (Å²) in [6, 6.07) is 3.47. The van der Waals surface area contributed by atoms with Crippen LogP contribution in [0, 0.1) is 0 Å². The van der Waals surface area contributed by atoms with E-state index in [9.17, 15) is 9.59 Å². The van der Waals surface area contributed by atoms with Crippen molar-refractivity contribution in [2.45, 2.75) is 26.7 Å². The lowest BCUT2D eigenvalue weighted by Crippen LogP contribution is -2.37.